The Kier molecular flexibility index (Phi) is 5.61. The summed E-state index contributed by atoms with van der Waals surface area (Å²) in [6.45, 7) is 0. The van der Waals surface area contributed by atoms with Gasteiger partial charge in [0, 0.05) is 9.92 Å². The molecule has 0 aliphatic carbocycles. The zero-order valence-electron chi connectivity index (χ0n) is 10.2. The lowest BCUT2D eigenvalue weighted by Crippen LogP contribution is -2.14. The van der Waals surface area contributed by atoms with Crippen molar-refractivity contribution in [1.82, 2.24) is 0 Å². The van der Waals surface area contributed by atoms with E-state index >= 15 is 0 Å². The number of hydrogen-bond donors (Lipinski definition) is 1. The van der Waals surface area contributed by atoms with Crippen molar-refractivity contribution >= 4 is 58.2 Å². The van der Waals surface area contributed by atoms with Crippen LogP contribution in [0.2, 0.25) is 15.1 Å². The molecule has 0 saturated heterocycles. The fourth-order valence-corrected chi connectivity index (χ4v) is 2.98. The number of benzene rings is 2. The molecule has 0 bridgehead atoms. The Labute approximate surface area is 136 Å². The largest absolute Gasteiger partial charge is 0.324 e. The molecule has 20 heavy (non-hydrogen) atoms. The van der Waals surface area contributed by atoms with Gasteiger partial charge < -0.3 is 5.32 Å². The van der Waals surface area contributed by atoms with Crippen LogP contribution in [0.1, 0.15) is 0 Å². The van der Waals surface area contributed by atoms with E-state index in [1.165, 1.54) is 11.8 Å². The first-order chi connectivity index (χ1) is 9.56. The van der Waals surface area contributed by atoms with E-state index in [4.69, 9.17) is 34.8 Å². The van der Waals surface area contributed by atoms with Crippen molar-refractivity contribution in [3.8, 4) is 0 Å². The van der Waals surface area contributed by atoms with E-state index in [0.717, 1.165) is 4.90 Å². The van der Waals surface area contributed by atoms with Gasteiger partial charge in [0.2, 0.25) is 5.91 Å². The molecule has 2 nitrogen and oxygen atoms in total. The molecule has 6 heteroatoms. The molecule has 0 atom stereocenters. The maximum atomic E-state index is 11.9. The van der Waals surface area contributed by atoms with E-state index in [-0.39, 0.29) is 11.7 Å². The lowest BCUT2D eigenvalue weighted by atomic mass is 10.3. The van der Waals surface area contributed by atoms with Crippen molar-refractivity contribution in [2.75, 3.05) is 11.1 Å². The van der Waals surface area contributed by atoms with Gasteiger partial charge in [0.15, 0.2) is 0 Å². The van der Waals surface area contributed by atoms with Crippen molar-refractivity contribution in [1.29, 1.82) is 0 Å². The second-order valence-electron chi connectivity index (χ2n) is 3.89. The first-order valence-electron chi connectivity index (χ1n) is 5.68. The minimum atomic E-state index is -0.154. The number of anilines is 1. The summed E-state index contributed by atoms with van der Waals surface area (Å²) in [5.41, 5.74) is 0.542. The number of rotatable bonds is 4. The smallest absolute Gasteiger partial charge is 0.234 e. The molecule has 0 unspecified atom stereocenters. The fraction of sp³-hybridized carbons (Fsp3) is 0.0714. The van der Waals surface area contributed by atoms with Crippen molar-refractivity contribution in [3.05, 3.63) is 57.5 Å². The van der Waals surface area contributed by atoms with Gasteiger partial charge in [-0.3, -0.25) is 4.79 Å². The molecule has 0 fully saturated rings. The molecule has 2 aromatic rings. The van der Waals surface area contributed by atoms with E-state index in [1.54, 1.807) is 24.3 Å². The highest BCUT2D eigenvalue weighted by Crippen LogP contribution is 2.28. The highest BCUT2D eigenvalue weighted by atomic mass is 35.5. The average molecular weight is 347 g/mol. The topological polar surface area (TPSA) is 29.1 Å². The van der Waals surface area contributed by atoms with Crippen molar-refractivity contribution in [2.45, 2.75) is 4.90 Å². The number of hydrogen-bond acceptors (Lipinski definition) is 2. The molecule has 0 aromatic heterocycles. The number of carbonyl (C=O) groups excluding carboxylic acids is 1. The Bertz CT molecular complexity index is 634. The van der Waals surface area contributed by atoms with Crippen LogP contribution in [0.5, 0.6) is 0 Å². The van der Waals surface area contributed by atoms with Gasteiger partial charge in [0.1, 0.15) is 0 Å². The molecule has 1 N–H and O–H groups in total. The number of thioether (sulfide) groups is 1. The van der Waals surface area contributed by atoms with Crippen LogP contribution in [0, 0.1) is 0 Å². The zero-order valence-corrected chi connectivity index (χ0v) is 13.3. The summed E-state index contributed by atoms with van der Waals surface area (Å²) < 4.78 is 0. The molecule has 0 radical (unpaired) electrons. The monoisotopic (exact) mass is 345 g/mol. The van der Waals surface area contributed by atoms with Crippen LogP contribution in [-0.4, -0.2) is 11.7 Å². The van der Waals surface area contributed by atoms with E-state index in [0.29, 0.717) is 20.8 Å². The van der Waals surface area contributed by atoms with Crippen LogP contribution in [0.3, 0.4) is 0 Å². The quantitative estimate of drug-likeness (QED) is 0.753. The predicted octanol–water partition coefficient (Wildman–Crippen LogP) is 5.38. The molecule has 0 saturated carbocycles. The molecular formula is C14H10Cl3NOS. The Morgan fingerprint density at radius 2 is 1.80 bits per heavy atom. The van der Waals surface area contributed by atoms with E-state index in [1.807, 2.05) is 18.2 Å². The van der Waals surface area contributed by atoms with Gasteiger partial charge in [0.25, 0.3) is 0 Å². The second-order valence-corrected chi connectivity index (χ2v) is 6.16. The summed E-state index contributed by atoms with van der Waals surface area (Å²) in [5.74, 6) is 0.0991. The molecule has 0 heterocycles. The molecule has 104 valence electrons. The summed E-state index contributed by atoms with van der Waals surface area (Å²) in [7, 11) is 0. The van der Waals surface area contributed by atoms with E-state index in [2.05, 4.69) is 5.32 Å². The van der Waals surface area contributed by atoms with Gasteiger partial charge in [-0.15, -0.1) is 11.8 Å². The lowest BCUT2D eigenvalue weighted by Gasteiger charge is -2.08. The Balaban J connectivity index is 1.94. The fourth-order valence-electron chi connectivity index (χ4n) is 1.48. The normalized spacial score (nSPS) is 10.3. The molecule has 2 rings (SSSR count). The van der Waals surface area contributed by atoms with Crippen molar-refractivity contribution < 1.29 is 4.79 Å². The first kappa shape index (κ1) is 15.5. The molecule has 0 aliphatic rings. The van der Waals surface area contributed by atoms with Crippen molar-refractivity contribution in [2.24, 2.45) is 0 Å². The second kappa shape index (κ2) is 7.23. The Morgan fingerprint density at radius 3 is 2.50 bits per heavy atom. The maximum Gasteiger partial charge on any atom is 0.234 e. The Hall–Kier alpha value is -0.870. The molecule has 0 aliphatic heterocycles. The number of halogens is 3. The lowest BCUT2D eigenvalue weighted by molar-refractivity contribution is -0.113. The van der Waals surface area contributed by atoms with E-state index < -0.39 is 0 Å². The van der Waals surface area contributed by atoms with Gasteiger partial charge in [-0.25, -0.2) is 0 Å². The summed E-state index contributed by atoms with van der Waals surface area (Å²) in [6, 6.07) is 12.3. The van der Waals surface area contributed by atoms with Gasteiger partial charge in [0.05, 0.1) is 21.5 Å². The molecule has 0 spiro atoms. The summed E-state index contributed by atoms with van der Waals surface area (Å²) in [5, 5.41) is 4.30. The third-order valence-electron chi connectivity index (χ3n) is 2.40. The van der Waals surface area contributed by atoms with Gasteiger partial charge >= 0.3 is 0 Å². The average Bonchev–Trinajstić information content (AvgIpc) is 2.41. The van der Waals surface area contributed by atoms with Crippen LogP contribution < -0.4 is 5.32 Å². The molecular weight excluding hydrogens is 337 g/mol. The summed E-state index contributed by atoms with van der Waals surface area (Å²) in [6.07, 6.45) is 0. The third kappa shape index (κ3) is 4.32. The first-order valence-corrected chi connectivity index (χ1v) is 7.80. The highest BCUT2D eigenvalue weighted by Gasteiger charge is 2.08. The van der Waals surface area contributed by atoms with Gasteiger partial charge in [-0.1, -0.05) is 46.9 Å². The highest BCUT2D eigenvalue weighted by molar-refractivity contribution is 8.00. The van der Waals surface area contributed by atoms with Crippen LogP contribution in [0.15, 0.2) is 47.4 Å². The summed E-state index contributed by atoms with van der Waals surface area (Å²) >= 11 is 19.2. The van der Waals surface area contributed by atoms with E-state index in [9.17, 15) is 4.79 Å². The van der Waals surface area contributed by atoms with Crippen molar-refractivity contribution in [3.63, 3.8) is 0 Å². The van der Waals surface area contributed by atoms with Crippen LogP contribution in [0.4, 0.5) is 5.69 Å². The van der Waals surface area contributed by atoms with Gasteiger partial charge in [-0.2, -0.15) is 0 Å². The molecule has 1 amide bonds. The maximum absolute atomic E-state index is 11.9. The van der Waals surface area contributed by atoms with Gasteiger partial charge in [-0.05, 0) is 30.3 Å². The minimum Gasteiger partial charge on any atom is -0.324 e. The predicted molar refractivity (Wildman–Crippen MR) is 87.3 cm³/mol. The summed E-state index contributed by atoms with van der Waals surface area (Å²) in [4.78, 5) is 12.7. The zero-order chi connectivity index (χ0) is 14.5. The number of amides is 1. The van der Waals surface area contributed by atoms with Crippen LogP contribution in [-0.2, 0) is 4.79 Å². The van der Waals surface area contributed by atoms with Crippen LogP contribution >= 0.6 is 46.6 Å². The number of carbonyl (C=O) groups is 1. The third-order valence-corrected chi connectivity index (χ3v) is 4.46. The SMILES string of the molecule is O=C(CSc1ccccc1Cl)Nc1ccc(Cl)cc1Cl. The molecule has 2 aromatic carbocycles. The van der Waals surface area contributed by atoms with Crippen LogP contribution in [0.25, 0.3) is 0 Å². The standard InChI is InChI=1S/C14H10Cl3NOS/c15-9-5-6-12(11(17)7-9)18-14(19)8-20-13-4-2-1-3-10(13)16/h1-7H,8H2,(H,18,19). The Morgan fingerprint density at radius 1 is 1.05 bits per heavy atom. The number of nitrogens with one attached hydrogen (secondary N) is 1. The minimum absolute atomic E-state index is 0.154.